The number of amides is 3. The molecule has 0 saturated heterocycles. The number of nitrogens with one attached hydrogen (secondary N) is 3. The Labute approximate surface area is 175 Å². The van der Waals surface area contributed by atoms with E-state index in [1.165, 1.54) is 36.8 Å². The standard InChI is InChI=1S/C21H30N4O5/c1-5-14(2)22-19(28)13-25-12-8-11-18(21(25)30)24-20(29)17(23-16(4)27)10-7-6-9-15(3)26/h6,8-9,11-12,14,17H,5,7,10,13H2,1-4H3,(H,22,28)(H,23,27)(H,24,29)/b9-6+/t14?,17-/m0/s1. The van der Waals surface area contributed by atoms with Gasteiger partial charge in [-0.2, -0.15) is 0 Å². The fourth-order valence-electron chi connectivity index (χ4n) is 2.58. The summed E-state index contributed by atoms with van der Waals surface area (Å²) in [6.07, 6.45) is 5.90. The summed E-state index contributed by atoms with van der Waals surface area (Å²) in [7, 11) is 0. The Morgan fingerprint density at radius 1 is 1.17 bits per heavy atom. The fraction of sp³-hybridized carbons (Fsp3) is 0.476. The monoisotopic (exact) mass is 418 g/mol. The lowest BCUT2D eigenvalue weighted by Crippen LogP contribution is -2.44. The molecule has 2 atom stereocenters. The van der Waals surface area contributed by atoms with Gasteiger partial charge in [-0.25, -0.2) is 0 Å². The predicted octanol–water partition coefficient (Wildman–Crippen LogP) is 1.13. The van der Waals surface area contributed by atoms with Crippen LogP contribution in [0.5, 0.6) is 0 Å². The first-order valence-electron chi connectivity index (χ1n) is 9.87. The van der Waals surface area contributed by atoms with E-state index in [1.54, 1.807) is 12.1 Å². The topological polar surface area (TPSA) is 126 Å². The molecule has 1 rings (SSSR count). The van der Waals surface area contributed by atoms with Gasteiger partial charge < -0.3 is 20.5 Å². The van der Waals surface area contributed by atoms with Gasteiger partial charge in [-0.1, -0.05) is 13.0 Å². The Hall–Kier alpha value is -3.23. The normalized spacial score (nSPS) is 12.8. The van der Waals surface area contributed by atoms with Crippen LogP contribution in [-0.2, 0) is 25.7 Å². The molecular formula is C21H30N4O5. The highest BCUT2D eigenvalue weighted by molar-refractivity contribution is 5.96. The lowest BCUT2D eigenvalue weighted by Gasteiger charge is -2.17. The van der Waals surface area contributed by atoms with Gasteiger partial charge >= 0.3 is 0 Å². The number of rotatable bonds is 11. The van der Waals surface area contributed by atoms with E-state index in [1.807, 2.05) is 13.8 Å². The number of nitrogens with zero attached hydrogens (tertiary/aromatic N) is 1. The van der Waals surface area contributed by atoms with Crippen LogP contribution >= 0.6 is 0 Å². The van der Waals surface area contributed by atoms with E-state index < -0.39 is 23.4 Å². The van der Waals surface area contributed by atoms with Crippen molar-refractivity contribution in [1.29, 1.82) is 0 Å². The number of pyridine rings is 1. The third kappa shape index (κ3) is 8.85. The highest BCUT2D eigenvalue weighted by atomic mass is 16.2. The van der Waals surface area contributed by atoms with Gasteiger partial charge in [-0.15, -0.1) is 0 Å². The van der Waals surface area contributed by atoms with Crippen LogP contribution in [0.3, 0.4) is 0 Å². The van der Waals surface area contributed by atoms with Crippen LogP contribution in [0.2, 0.25) is 0 Å². The molecular weight excluding hydrogens is 388 g/mol. The van der Waals surface area contributed by atoms with Gasteiger partial charge in [-0.05, 0) is 51.3 Å². The van der Waals surface area contributed by atoms with Crippen molar-refractivity contribution in [3.63, 3.8) is 0 Å². The second-order valence-electron chi connectivity index (χ2n) is 7.06. The van der Waals surface area contributed by atoms with Crippen molar-refractivity contribution in [1.82, 2.24) is 15.2 Å². The number of aromatic nitrogens is 1. The predicted molar refractivity (Wildman–Crippen MR) is 114 cm³/mol. The van der Waals surface area contributed by atoms with Crippen LogP contribution in [0.25, 0.3) is 0 Å². The number of ketones is 1. The van der Waals surface area contributed by atoms with Gasteiger partial charge in [0.2, 0.25) is 17.7 Å². The summed E-state index contributed by atoms with van der Waals surface area (Å²) in [5, 5.41) is 7.84. The fourth-order valence-corrected chi connectivity index (χ4v) is 2.58. The van der Waals surface area contributed by atoms with Gasteiger partial charge in [0.25, 0.3) is 5.56 Å². The number of hydrogen-bond donors (Lipinski definition) is 3. The van der Waals surface area contributed by atoms with Crippen molar-refractivity contribution in [2.45, 2.75) is 65.6 Å². The molecule has 0 saturated carbocycles. The van der Waals surface area contributed by atoms with Crippen molar-refractivity contribution in [3.05, 3.63) is 40.8 Å². The van der Waals surface area contributed by atoms with Crippen LogP contribution in [0.4, 0.5) is 5.69 Å². The quantitative estimate of drug-likeness (QED) is 0.465. The molecule has 164 valence electrons. The maximum Gasteiger partial charge on any atom is 0.274 e. The maximum absolute atomic E-state index is 12.6. The van der Waals surface area contributed by atoms with Crippen molar-refractivity contribution in [2.75, 3.05) is 5.32 Å². The molecule has 9 nitrogen and oxygen atoms in total. The van der Waals surface area contributed by atoms with Crippen LogP contribution < -0.4 is 21.5 Å². The molecule has 0 aliphatic rings. The SMILES string of the molecule is CCC(C)NC(=O)Cn1cccc(NC(=O)[C@H](CC/C=C/C(C)=O)NC(C)=O)c1=O. The van der Waals surface area contributed by atoms with E-state index in [-0.39, 0.29) is 36.4 Å². The van der Waals surface area contributed by atoms with E-state index in [0.717, 1.165) is 6.42 Å². The lowest BCUT2D eigenvalue weighted by atomic mass is 10.1. The maximum atomic E-state index is 12.6. The van der Waals surface area contributed by atoms with Crippen LogP contribution in [-0.4, -0.2) is 40.2 Å². The molecule has 1 aromatic heterocycles. The molecule has 30 heavy (non-hydrogen) atoms. The molecule has 0 bridgehead atoms. The second kappa shape index (κ2) is 12.4. The second-order valence-corrected chi connectivity index (χ2v) is 7.06. The third-order valence-electron chi connectivity index (χ3n) is 4.28. The molecule has 1 aromatic rings. The molecule has 0 aliphatic heterocycles. The zero-order valence-corrected chi connectivity index (χ0v) is 17.9. The molecule has 0 radical (unpaired) electrons. The summed E-state index contributed by atoms with van der Waals surface area (Å²) < 4.78 is 1.20. The molecule has 1 heterocycles. The van der Waals surface area contributed by atoms with Gasteiger partial charge in [0.05, 0.1) is 0 Å². The molecule has 0 aliphatic carbocycles. The minimum Gasteiger partial charge on any atom is -0.352 e. The van der Waals surface area contributed by atoms with E-state index in [2.05, 4.69) is 16.0 Å². The number of allylic oxidation sites excluding steroid dienone is 2. The molecule has 0 aromatic carbocycles. The third-order valence-corrected chi connectivity index (χ3v) is 4.28. The number of carbonyl (C=O) groups is 4. The van der Waals surface area contributed by atoms with Crippen molar-refractivity contribution < 1.29 is 19.2 Å². The lowest BCUT2D eigenvalue weighted by molar-refractivity contribution is -0.125. The smallest absolute Gasteiger partial charge is 0.274 e. The Bertz CT molecular complexity index is 859. The molecule has 0 spiro atoms. The Balaban J connectivity index is 2.88. The summed E-state index contributed by atoms with van der Waals surface area (Å²) in [5.41, 5.74) is -0.517. The summed E-state index contributed by atoms with van der Waals surface area (Å²) in [6.45, 7) is 6.34. The average Bonchev–Trinajstić information content (AvgIpc) is 2.66. The van der Waals surface area contributed by atoms with E-state index in [4.69, 9.17) is 0 Å². The summed E-state index contributed by atoms with van der Waals surface area (Å²) in [6, 6.07) is 2.10. The van der Waals surface area contributed by atoms with Crippen LogP contribution in [0.1, 0.15) is 47.0 Å². The summed E-state index contributed by atoms with van der Waals surface area (Å²) >= 11 is 0. The van der Waals surface area contributed by atoms with Gasteiger partial charge in [0.15, 0.2) is 5.78 Å². The molecule has 3 N–H and O–H groups in total. The average molecular weight is 418 g/mol. The number of hydrogen-bond acceptors (Lipinski definition) is 5. The Kier molecular flexibility index (Phi) is 10.2. The zero-order chi connectivity index (χ0) is 22.7. The minimum atomic E-state index is -0.874. The molecule has 3 amide bonds. The van der Waals surface area contributed by atoms with E-state index >= 15 is 0 Å². The summed E-state index contributed by atoms with van der Waals surface area (Å²) in [5.74, 6) is -1.36. The van der Waals surface area contributed by atoms with Gasteiger partial charge in [0, 0.05) is 19.2 Å². The minimum absolute atomic E-state index is 0.00782. The van der Waals surface area contributed by atoms with Crippen molar-refractivity contribution in [3.8, 4) is 0 Å². The first-order valence-corrected chi connectivity index (χ1v) is 9.87. The summed E-state index contributed by atoms with van der Waals surface area (Å²) in [4.78, 5) is 59.7. The molecule has 0 fully saturated rings. The zero-order valence-electron chi connectivity index (χ0n) is 17.9. The van der Waals surface area contributed by atoms with Gasteiger partial charge in [0.1, 0.15) is 18.3 Å². The largest absolute Gasteiger partial charge is 0.352 e. The van der Waals surface area contributed by atoms with Crippen LogP contribution in [0, 0.1) is 0 Å². The first kappa shape index (κ1) is 24.8. The Morgan fingerprint density at radius 2 is 1.87 bits per heavy atom. The van der Waals surface area contributed by atoms with Gasteiger partial charge in [-0.3, -0.25) is 24.0 Å². The van der Waals surface area contributed by atoms with Crippen molar-refractivity contribution in [2.24, 2.45) is 0 Å². The van der Waals surface area contributed by atoms with E-state index in [0.29, 0.717) is 6.42 Å². The molecule has 9 heteroatoms. The number of anilines is 1. The van der Waals surface area contributed by atoms with Crippen LogP contribution in [0.15, 0.2) is 35.3 Å². The first-order chi connectivity index (χ1) is 14.1. The molecule has 1 unspecified atom stereocenters. The van der Waals surface area contributed by atoms with Crippen molar-refractivity contribution >= 4 is 29.2 Å². The van der Waals surface area contributed by atoms with E-state index in [9.17, 15) is 24.0 Å². The Morgan fingerprint density at radius 3 is 2.47 bits per heavy atom. The number of carbonyl (C=O) groups excluding carboxylic acids is 4. The highest BCUT2D eigenvalue weighted by Gasteiger charge is 2.20. The highest BCUT2D eigenvalue weighted by Crippen LogP contribution is 2.05.